The Kier molecular flexibility index (Phi) is 13.3. The molecule has 0 spiro atoms. The van der Waals surface area contributed by atoms with Crippen LogP contribution in [0.1, 0.15) is 42.7 Å². The van der Waals surface area contributed by atoms with Crippen LogP contribution in [0, 0.1) is 5.92 Å². The zero-order chi connectivity index (χ0) is 51.6. The Bertz CT molecular complexity index is 3680. The molecule has 0 amide bonds. The molecule has 12 rings (SSSR count). The lowest BCUT2D eigenvalue weighted by Gasteiger charge is -2.34. The number of fused-ring (bicyclic) bond motifs is 4. The average Bonchev–Trinajstić information content (AvgIpc) is 4.19. The smallest absolute Gasteiger partial charge is 0.179 e. The highest BCUT2D eigenvalue weighted by Crippen LogP contribution is 2.48. The lowest BCUT2D eigenvalue weighted by atomic mass is 9.91. The van der Waals surface area contributed by atoms with Crippen molar-refractivity contribution >= 4 is 75.1 Å². The van der Waals surface area contributed by atoms with Gasteiger partial charge in [0.25, 0.3) is 0 Å². The van der Waals surface area contributed by atoms with Crippen LogP contribution in [-0.2, 0) is 0 Å². The summed E-state index contributed by atoms with van der Waals surface area (Å²) in [5, 5.41) is 7.85. The van der Waals surface area contributed by atoms with Gasteiger partial charge in [0.05, 0.1) is 12.1 Å². The van der Waals surface area contributed by atoms with Crippen LogP contribution in [0.15, 0.2) is 284 Å². The van der Waals surface area contributed by atoms with Gasteiger partial charge in [-0.1, -0.05) is 213 Å². The summed E-state index contributed by atoms with van der Waals surface area (Å²) in [7, 11) is -2.64. The van der Waals surface area contributed by atoms with Crippen LogP contribution in [-0.4, -0.2) is 25.1 Å². The van der Waals surface area contributed by atoms with E-state index in [9.17, 15) is 0 Å². The number of allylic oxidation sites excluding steroid dienone is 2. The van der Waals surface area contributed by atoms with Crippen molar-refractivity contribution in [3.63, 3.8) is 0 Å². The van der Waals surface area contributed by atoms with Gasteiger partial charge in [-0.25, -0.2) is 0 Å². The second-order valence-corrected chi connectivity index (χ2v) is 24.3. The van der Waals surface area contributed by atoms with Crippen LogP contribution in [0.3, 0.4) is 0 Å². The first-order valence-corrected chi connectivity index (χ1v) is 28.8. The van der Waals surface area contributed by atoms with Gasteiger partial charge in [0.2, 0.25) is 0 Å². The van der Waals surface area contributed by atoms with Crippen molar-refractivity contribution in [2.45, 2.75) is 43.7 Å². The van der Waals surface area contributed by atoms with Crippen LogP contribution in [0.4, 0.5) is 17.1 Å². The molecule has 4 atom stereocenters. The van der Waals surface area contributed by atoms with Crippen molar-refractivity contribution in [2.75, 3.05) is 4.90 Å². The monoisotopic (exact) mass is 998 g/mol. The fraction of sp³-hybridized carbons (Fsp3) is 0.111. The molecule has 3 aliphatic rings. The maximum atomic E-state index is 6.33. The quantitative estimate of drug-likeness (QED) is 0.0546. The zero-order valence-corrected chi connectivity index (χ0v) is 44.0. The molecule has 76 heavy (non-hydrogen) atoms. The summed E-state index contributed by atoms with van der Waals surface area (Å²) >= 11 is 0. The van der Waals surface area contributed by atoms with Gasteiger partial charge in [-0.2, -0.15) is 0 Å². The maximum Gasteiger partial charge on any atom is 0.179 e. The summed E-state index contributed by atoms with van der Waals surface area (Å²) in [6, 6.07) is 78.6. The Labute approximate surface area is 449 Å². The van der Waals surface area contributed by atoms with E-state index in [2.05, 4.69) is 273 Å². The number of benzene rings is 8. The van der Waals surface area contributed by atoms with E-state index in [0.717, 1.165) is 64.9 Å². The fourth-order valence-electron chi connectivity index (χ4n) is 12.4. The van der Waals surface area contributed by atoms with Crippen LogP contribution >= 0.6 is 0 Å². The van der Waals surface area contributed by atoms with E-state index in [1.165, 1.54) is 59.3 Å². The van der Waals surface area contributed by atoms with Crippen molar-refractivity contribution in [1.82, 2.24) is 4.90 Å². The molecule has 370 valence electrons. The number of anilines is 3. The molecule has 1 aliphatic carbocycles. The molecule has 4 heteroatoms. The largest absolute Gasteiger partial charge is 0.456 e. The normalized spacial score (nSPS) is 17.9. The highest BCUT2D eigenvalue weighted by Gasteiger charge is 2.45. The molecule has 2 aliphatic heterocycles. The van der Waals surface area contributed by atoms with Gasteiger partial charge in [0.15, 0.2) is 8.07 Å². The molecular weight excluding hydrogens is 937 g/mol. The Morgan fingerprint density at radius 2 is 1.08 bits per heavy atom. The Balaban J connectivity index is 0.853. The van der Waals surface area contributed by atoms with Gasteiger partial charge in [-0.05, 0) is 134 Å². The van der Waals surface area contributed by atoms with Gasteiger partial charge < -0.3 is 14.2 Å². The summed E-state index contributed by atoms with van der Waals surface area (Å²) in [6.07, 6.45) is 19.1. The molecule has 1 saturated heterocycles. The van der Waals surface area contributed by atoms with Gasteiger partial charge in [0, 0.05) is 45.2 Å². The number of hydrogen-bond donors (Lipinski definition) is 0. The number of hydrogen-bond acceptors (Lipinski definition) is 3. The fourth-order valence-corrected chi connectivity index (χ4v) is 17.2. The van der Waals surface area contributed by atoms with E-state index in [-0.39, 0.29) is 23.9 Å². The standard InChI is InChI=1S/C72H62N2OSi/c1-5-19-65-52(4)69(74-68(20-6-2)51(3)49-70(65)74)29-18-21-53-31-40-58(41-32-53)73(60-44-35-56(36-45-60)57-39-48-67-66-28-16-17-30-71(66)75-72(67)50-57)59-42-33-54(34-43-59)55-37-46-64(47-38-55)76(61-22-10-7-11-23-61,62-24-12-8-13-25-62)63-26-14-9-15-27-63/h5-18,21-28,30-38,40-50,57,65,68-69H,1-4,19-20,29,39H2. The summed E-state index contributed by atoms with van der Waals surface area (Å²) in [4.78, 5) is 4.92. The molecular formula is C72H62N2OSi. The molecule has 1 aromatic heterocycles. The van der Waals surface area contributed by atoms with Crippen molar-refractivity contribution in [1.29, 1.82) is 0 Å². The summed E-state index contributed by atoms with van der Waals surface area (Å²) in [5.41, 5.74) is 13.7. The number of rotatable bonds is 16. The average molecular weight is 999 g/mol. The molecule has 3 heterocycles. The molecule has 0 radical (unpaired) electrons. The molecule has 0 bridgehead atoms. The second kappa shape index (κ2) is 20.9. The molecule has 4 unspecified atom stereocenters. The predicted octanol–water partition coefficient (Wildman–Crippen LogP) is 13.9. The Morgan fingerprint density at radius 3 is 1.67 bits per heavy atom. The van der Waals surface area contributed by atoms with Crippen molar-refractivity contribution in [2.24, 2.45) is 5.92 Å². The van der Waals surface area contributed by atoms with E-state index >= 15 is 0 Å². The number of para-hydroxylation sites is 1. The number of furan rings is 1. The molecule has 0 saturated carbocycles. The van der Waals surface area contributed by atoms with E-state index in [1.807, 2.05) is 18.2 Å². The third-order valence-electron chi connectivity index (χ3n) is 16.1. The second-order valence-electron chi connectivity index (χ2n) is 20.5. The maximum absolute atomic E-state index is 6.33. The molecule has 8 aromatic carbocycles. The van der Waals surface area contributed by atoms with Crippen molar-refractivity contribution in [3.8, 4) is 11.1 Å². The predicted molar refractivity (Wildman–Crippen MR) is 324 cm³/mol. The lowest BCUT2D eigenvalue weighted by Crippen LogP contribution is -2.74. The van der Waals surface area contributed by atoms with Gasteiger partial charge in [-0.15, -0.1) is 13.2 Å². The zero-order valence-electron chi connectivity index (χ0n) is 43.0. The van der Waals surface area contributed by atoms with Gasteiger partial charge >= 0.3 is 0 Å². The number of nitrogens with zero attached hydrogens (tertiary/aromatic N) is 2. The Hall–Kier alpha value is -8.70. The SMILES string of the molecule is C=CCC1C(=C)C(CC=Cc2ccc(N(c3ccc(-c4ccc([Si](c5ccccc5)(c5ccccc5)c5ccccc5)cc4)cc3)c3ccc(C4C=c5oc6ccccc6c5=CC4)cc3)cc2)N2C1=CC(=C)C2CC=C. The van der Waals surface area contributed by atoms with Gasteiger partial charge in [0.1, 0.15) is 11.0 Å². The highest BCUT2D eigenvalue weighted by molar-refractivity contribution is 7.19. The summed E-state index contributed by atoms with van der Waals surface area (Å²) in [6.45, 7) is 17.2. The van der Waals surface area contributed by atoms with E-state index in [0.29, 0.717) is 0 Å². The first-order valence-electron chi connectivity index (χ1n) is 26.8. The minimum absolute atomic E-state index is 0.202. The van der Waals surface area contributed by atoms with Crippen LogP contribution < -0.4 is 36.3 Å². The van der Waals surface area contributed by atoms with E-state index in [4.69, 9.17) is 4.42 Å². The van der Waals surface area contributed by atoms with E-state index in [1.54, 1.807) is 0 Å². The Morgan fingerprint density at radius 1 is 0.553 bits per heavy atom. The van der Waals surface area contributed by atoms with Crippen molar-refractivity contribution in [3.05, 3.63) is 302 Å². The highest BCUT2D eigenvalue weighted by atomic mass is 28.3. The first-order chi connectivity index (χ1) is 37.4. The summed E-state index contributed by atoms with van der Waals surface area (Å²) < 4.78 is 6.33. The van der Waals surface area contributed by atoms with Crippen LogP contribution in [0.5, 0.6) is 0 Å². The van der Waals surface area contributed by atoms with Gasteiger partial charge in [-0.3, -0.25) is 0 Å². The molecule has 0 N–H and O–H groups in total. The molecule has 9 aromatic rings. The third kappa shape index (κ3) is 8.78. The van der Waals surface area contributed by atoms with Crippen molar-refractivity contribution < 1.29 is 4.42 Å². The summed E-state index contributed by atoms with van der Waals surface area (Å²) in [5.74, 6) is 0.494. The van der Waals surface area contributed by atoms with E-state index < -0.39 is 8.07 Å². The molecule has 1 fully saturated rings. The minimum Gasteiger partial charge on any atom is -0.456 e. The molecule has 3 nitrogen and oxygen atoms in total. The van der Waals surface area contributed by atoms with Crippen LogP contribution in [0.25, 0.3) is 40.3 Å². The first kappa shape index (κ1) is 48.2. The van der Waals surface area contributed by atoms with Crippen LogP contribution in [0.2, 0.25) is 0 Å². The minimum atomic E-state index is -2.64. The third-order valence-corrected chi connectivity index (χ3v) is 20.9. The topological polar surface area (TPSA) is 19.6 Å². The lowest BCUT2D eigenvalue weighted by molar-refractivity contribution is 0.275.